The molecule has 2 heterocycles. The third kappa shape index (κ3) is 4.08. The fraction of sp³-hybridized carbons (Fsp3) is 0.750. The highest BCUT2D eigenvalue weighted by Gasteiger charge is 2.25. The minimum atomic E-state index is 0.277. The molecular weight excluding hydrogens is 250 g/mol. The number of hydrogen-bond donors (Lipinski definition) is 1. The average molecular weight is 279 g/mol. The minimum Gasteiger partial charge on any atom is -0.468 e. The summed E-state index contributed by atoms with van der Waals surface area (Å²) < 4.78 is 5.46. The fourth-order valence-corrected chi connectivity index (χ4v) is 2.88. The van der Waals surface area contributed by atoms with Gasteiger partial charge in [0.15, 0.2) is 0 Å². The van der Waals surface area contributed by atoms with Gasteiger partial charge >= 0.3 is 0 Å². The summed E-state index contributed by atoms with van der Waals surface area (Å²) in [7, 11) is 2.21. The zero-order chi connectivity index (χ0) is 14.5. The lowest BCUT2D eigenvalue weighted by atomic mass is 10.0. The fourth-order valence-electron chi connectivity index (χ4n) is 2.88. The van der Waals surface area contributed by atoms with Crippen molar-refractivity contribution in [3.8, 4) is 0 Å². The van der Waals surface area contributed by atoms with Crippen molar-refractivity contribution in [2.75, 3.05) is 39.8 Å². The topological polar surface area (TPSA) is 31.6 Å². The predicted octanol–water partition coefficient (Wildman–Crippen LogP) is 2.20. The Bertz CT molecular complexity index is 369. The van der Waals surface area contributed by atoms with E-state index in [4.69, 9.17) is 4.42 Å². The molecule has 2 rings (SSSR count). The highest BCUT2D eigenvalue weighted by Crippen LogP contribution is 2.16. The van der Waals surface area contributed by atoms with E-state index in [0.29, 0.717) is 12.0 Å². The molecule has 2 unspecified atom stereocenters. The highest BCUT2D eigenvalue weighted by atomic mass is 16.3. The Labute approximate surface area is 123 Å². The highest BCUT2D eigenvalue weighted by molar-refractivity contribution is 5.03. The van der Waals surface area contributed by atoms with Gasteiger partial charge in [-0.2, -0.15) is 0 Å². The normalized spacial score (nSPS) is 21.2. The smallest absolute Gasteiger partial charge is 0.120 e. The Hall–Kier alpha value is -0.840. The number of furan rings is 1. The van der Waals surface area contributed by atoms with E-state index in [0.717, 1.165) is 12.3 Å². The van der Waals surface area contributed by atoms with Crippen LogP contribution in [-0.4, -0.2) is 55.6 Å². The molecule has 0 saturated carbocycles. The van der Waals surface area contributed by atoms with Gasteiger partial charge in [-0.1, -0.05) is 13.8 Å². The van der Waals surface area contributed by atoms with Crippen LogP contribution in [0.15, 0.2) is 22.8 Å². The third-order valence-corrected chi connectivity index (χ3v) is 4.38. The molecule has 0 aromatic carbocycles. The van der Waals surface area contributed by atoms with Crippen LogP contribution in [0.5, 0.6) is 0 Å². The Morgan fingerprint density at radius 1 is 1.20 bits per heavy atom. The molecule has 1 aliphatic rings. The Morgan fingerprint density at radius 2 is 1.90 bits per heavy atom. The molecule has 1 N–H and O–H groups in total. The quantitative estimate of drug-likeness (QED) is 0.865. The van der Waals surface area contributed by atoms with Gasteiger partial charge in [-0.3, -0.25) is 4.90 Å². The van der Waals surface area contributed by atoms with Crippen molar-refractivity contribution in [3.05, 3.63) is 24.2 Å². The Kier molecular flexibility index (Phi) is 5.64. The molecule has 0 bridgehead atoms. The molecule has 0 spiro atoms. The van der Waals surface area contributed by atoms with Crippen molar-refractivity contribution in [1.29, 1.82) is 0 Å². The molecular formula is C16H29N3O. The molecule has 4 heteroatoms. The monoisotopic (exact) mass is 279 g/mol. The lowest BCUT2D eigenvalue weighted by Crippen LogP contribution is -2.53. The molecule has 1 fully saturated rings. The van der Waals surface area contributed by atoms with E-state index >= 15 is 0 Å². The lowest BCUT2D eigenvalue weighted by Gasteiger charge is -2.40. The number of rotatable bonds is 6. The maximum Gasteiger partial charge on any atom is 0.120 e. The molecule has 4 nitrogen and oxygen atoms in total. The number of hydrogen-bond acceptors (Lipinski definition) is 4. The van der Waals surface area contributed by atoms with Gasteiger partial charge in [0.2, 0.25) is 0 Å². The van der Waals surface area contributed by atoms with Gasteiger partial charge in [-0.25, -0.2) is 0 Å². The zero-order valence-electron chi connectivity index (χ0n) is 13.3. The van der Waals surface area contributed by atoms with Crippen molar-refractivity contribution in [1.82, 2.24) is 15.1 Å². The number of nitrogens with one attached hydrogen (secondary N) is 1. The minimum absolute atomic E-state index is 0.277. The number of piperazine rings is 1. The molecule has 1 saturated heterocycles. The van der Waals surface area contributed by atoms with Crippen LogP contribution in [0.1, 0.15) is 32.6 Å². The molecule has 0 radical (unpaired) electrons. The van der Waals surface area contributed by atoms with Gasteiger partial charge in [0, 0.05) is 38.8 Å². The van der Waals surface area contributed by atoms with E-state index in [-0.39, 0.29) is 6.04 Å². The summed E-state index contributed by atoms with van der Waals surface area (Å²) in [6.45, 7) is 12.5. The van der Waals surface area contributed by atoms with Crippen LogP contribution in [0.2, 0.25) is 0 Å². The van der Waals surface area contributed by atoms with Gasteiger partial charge in [-0.05, 0) is 32.0 Å². The van der Waals surface area contributed by atoms with Crippen molar-refractivity contribution < 1.29 is 4.42 Å². The molecule has 1 aromatic heterocycles. The van der Waals surface area contributed by atoms with Crippen molar-refractivity contribution >= 4 is 0 Å². The van der Waals surface area contributed by atoms with Gasteiger partial charge in [0.1, 0.15) is 5.76 Å². The standard InChI is InChI=1S/C16H29N3O/c1-13(2)15(19-9-7-18(4)8-10-19)12-17-14(3)16-6-5-11-20-16/h5-6,11,13-15,17H,7-10,12H2,1-4H3. The lowest BCUT2D eigenvalue weighted by molar-refractivity contribution is 0.0859. The van der Waals surface area contributed by atoms with E-state index in [9.17, 15) is 0 Å². The summed E-state index contributed by atoms with van der Waals surface area (Å²) in [5.74, 6) is 1.68. The average Bonchev–Trinajstić information content (AvgIpc) is 2.94. The van der Waals surface area contributed by atoms with Crippen molar-refractivity contribution in [2.45, 2.75) is 32.9 Å². The van der Waals surface area contributed by atoms with Crippen LogP contribution in [0.4, 0.5) is 0 Å². The van der Waals surface area contributed by atoms with E-state index in [1.165, 1.54) is 26.2 Å². The van der Waals surface area contributed by atoms with Crippen LogP contribution in [-0.2, 0) is 0 Å². The maximum absolute atomic E-state index is 5.46. The predicted molar refractivity (Wildman–Crippen MR) is 82.8 cm³/mol. The molecule has 1 aliphatic heterocycles. The van der Waals surface area contributed by atoms with E-state index < -0.39 is 0 Å². The molecule has 2 atom stereocenters. The summed E-state index contributed by atoms with van der Waals surface area (Å²) in [4.78, 5) is 5.04. The molecule has 114 valence electrons. The largest absolute Gasteiger partial charge is 0.468 e. The van der Waals surface area contributed by atoms with Gasteiger partial charge in [0.25, 0.3) is 0 Å². The Balaban J connectivity index is 1.86. The molecule has 0 amide bonds. The summed E-state index contributed by atoms with van der Waals surface area (Å²) in [6.07, 6.45) is 1.74. The second-order valence-electron chi connectivity index (χ2n) is 6.30. The first-order valence-electron chi connectivity index (χ1n) is 7.77. The van der Waals surface area contributed by atoms with Crippen molar-refractivity contribution in [2.24, 2.45) is 5.92 Å². The summed E-state index contributed by atoms with van der Waals surface area (Å²) in [5, 5.41) is 3.63. The summed E-state index contributed by atoms with van der Waals surface area (Å²) >= 11 is 0. The van der Waals surface area contributed by atoms with Gasteiger partial charge in [-0.15, -0.1) is 0 Å². The van der Waals surface area contributed by atoms with E-state index in [1.54, 1.807) is 6.26 Å². The molecule has 1 aromatic rings. The number of likely N-dealkylation sites (N-methyl/N-ethyl adjacent to an activating group) is 1. The Morgan fingerprint density at radius 3 is 2.45 bits per heavy atom. The zero-order valence-corrected chi connectivity index (χ0v) is 13.3. The first kappa shape index (κ1) is 15.5. The van der Waals surface area contributed by atoms with Crippen LogP contribution in [0.3, 0.4) is 0 Å². The van der Waals surface area contributed by atoms with Crippen LogP contribution >= 0.6 is 0 Å². The summed E-state index contributed by atoms with van der Waals surface area (Å²) in [5.41, 5.74) is 0. The molecule has 20 heavy (non-hydrogen) atoms. The van der Waals surface area contributed by atoms with E-state index in [2.05, 4.69) is 42.9 Å². The first-order chi connectivity index (χ1) is 9.58. The first-order valence-corrected chi connectivity index (χ1v) is 7.77. The van der Waals surface area contributed by atoms with Crippen LogP contribution < -0.4 is 5.32 Å². The SMILES string of the molecule is CC(NCC(C(C)C)N1CCN(C)CC1)c1ccco1. The van der Waals surface area contributed by atoms with Crippen LogP contribution in [0.25, 0.3) is 0 Å². The van der Waals surface area contributed by atoms with Crippen molar-refractivity contribution in [3.63, 3.8) is 0 Å². The molecule has 0 aliphatic carbocycles. The number of nitrogens with zero attached hydrogens (tertiary/aromatic N) is 2. The van der Waals surface area contributed by atoms with Gasteiger partial charge < -0.3 is 14.6 Å². The second kappa shape index (κ2) is 7.25. The third-order valence-electron chi connectivity index (χ3n) is 4.38. The maximum atomic E-state index is 5.46. The van der Waals surface area contributed by atoms with E-state index in [1.807, 2.05) is 12.1 Å². The summed E-state index contributed by atoms with van der Waals surface area (Å²) in [6, 6.07) is 4.87. The van der Waals surface area contributed by atoms with Gasteiger partial charge in [0.05, 0.1) is 12.3 Å². The van der Waals surface area contributed by atoms with Crippen LogP contribution in [0, 0.1) is 5.92 Å². The second-order valence-corrected chi connectivity index (χ2v) is 6.30.